The van der Waals surface area contributed by atoms with Crippen molar-refractivity contribution in [1.82, 2.24) is 4.98 Å². The van der Waals surface area contributed by atoms with Crippen molar-refractivity contribution in [2.75, 3.05) is 6.61 Å². The summed E-state index contributed by atoms with van der Waals surface area (Å²) in [5.41, 5.74) is 6.85. The standard InChI is InChI=1S/C12H19BrN2O/c1-12(2,3)4-5-16-11-9(7-14)6-10(13)8-15-11/h6,8H,4-5,7,14H2,1-3H3. The van der Waals surface area contributed by atoms with E-state index in [1.54, 1.807) is 6.20 Å². The van der Waals surface area contributed by atoms with E-state index < -0.39 is 0 Å². The third kappa shape index (κ3) is 4.49. The minimum Gasteiger partial charge on any atom is -0.477 e. The molecule has 0 radical (unpaired) electrons. The summed E-state index contributed by atoms with van der Waals surface area (Å²) >= 11 is 3.36. The third-order valence-electron chi connectivity index (χ3n) is 2.20. The van der Waals surface area contributed by atoms with Gasteiger partial charge in [0.2, 0.25) is 5.88 Å². The first-order valence-corrected chi connectivity index (χ1v) is 6.19. The van der Waals surface area contributed by atoms with E-state index in [1.807, 2.05) is 6.07 Å². The van der Waals surface area contributed by atoms with E-state index in [9.17, 15) is 0 Å². The molecular weight excluding hydrogens is 268 g/mol. The molecular formula is C12H19BrN2O. The van der Waals surface area contributed by atoms with Crippen LogP contribution in [0.15, 0.2) is 16.7 Å². The van der Waals surface area contributed by atoms with Gasteiger partial charge in [-0.2, -0.15) is 0 Å². The summed E-state index contributed by atoms with van der Waals surface area (Å²) in [5, 5.41) is 0. The summed E-state index contributed by atoms with van der Waals surface area (Å²) in [5.74, 6) is 0.648. The highest BCUT2D eigenvalue weighted by Gasteiger charge is 2.11. The molecule has 0 aliphatic carbocycles. The van der Waals surface area contributed by atoms with Gasteiger partial charge in [-0.3, -0.25) is 0 Å². The molecule has 2 N–H and O–H groups in total. The third-order valence-corrected chi connectivity index (χ3v) is 2.64. The molecule has 0 aliphatic heterocycles. The molecule has 0 atom stereocenters. The zero-order chi connectivity index (χ0) is 12.2. The van der Waals surface area contributed by atoms with E-state index in [-0.39, 0.29) is 5.41 Å². The second-order valence-electron chi connectivity index (χ2n) is 4.98. The van der Waals surface area contributed by atoms with Gasteiger partial charge in [0, 0.05) is 22.8 Å². The second-order valence-corrected chi connectivity index (χ2v) is 5.90. The molecule has 90 valence electrons. The molecule has 0 saturated carbocycles. The molecule has 0 fully saturated rings. The van der Waals surface area contributed by atoms with E-state index in [4.69, 9.17) is 10.5 Å². The van der Waals surface area contributed by atoms with Crippen LogP contribution in [0.2, 0.25) is 0 Å². The largest absolute Gasteiger partial charge is 0.477 e. The van der Waals surface area contributed by atoms with E-state index in [1.165, 1.54) is 0 Å². The Labute approximate surface area is 106 Å². The van der Waals surface area contributed by atoms with E-state index in [2.05, 4.69) is 41.7 Å². The van der Waals surface area contributed by atoms with Crippen LogP contribution in [-0.4, -0.2) is 11.6 Å². The Morgan fingerprint density at radius 3 is 2.69 bits per heavy atom. The average Bonchev–Trinajstić information content (AvgIpc) is 2.18. The summed E-state index contributed by atoms with van der Waals surface area (Å²) in [6, 6.07) is 1.94. The van der Waals surface area contributed by atoms with Crippen molar-refractivity contribution < 1.29 is 4.74 Å². The van der Waals surface area contributed by atoms with Crippen LogP contribution >= 0.6 is 15.9 Å². The molecule has 0 aliphatic rings. The molecule has 0 aromatic carbocycles. The molecule has 0 bridgehead atoms. The predicted octanol–water partition coefficient (Wildman–Crippen LogP) is 3.12. The van der Waals surface area contributed by atoms with Gasteiger partial charge >= 0.3 is 0 Å². The van der Waals surface area contributed by atoms with Gasteiger partial charge in [0.25, 0.3) is 0 Å². The summed E-state index contributed by atoms with van der Waals surface area (Å²) in [6.07, 6.45) is 2.72. The molecule has 0 spiro atoms. The quantitative estimate of drug-likeness (QED) is 0.925. The topological polar surface area (TPSA) is 48.1 Å². The Bertz CT molecular complexity index is 347. The first kappa shape index (κ1) is 13.5. The van der Waals surface area contributed by atoms with Crippen molar-refractivity contribution in [3.63, 3.8) is 0 Å². The van der Waals surface area contributed by atoms with Crippen LogP contribution in [0.1, 0.15) is 32.8 Å². The highest BCUT2D eigenvalue weighted by Crippen LogP contribution is 2.22. The summed E-state index contributed by atoms with van der Waals surface area (Å²) in [4.78, 5) is 4.22. The highest BCUT2D eigenvalue weighted by molar-refractivity contribution is 9.10. The van der Waals surface area contributed by atoms with E-state index >= 15 is 0 Å². The minimum atomic E-state index is 0.276. The van der Waals surface area contributed by atoms with Crippen molar-refractivity contribution in [2.24, 2.45) is 11.1 Å². The van der Waals surface area contributed by atoms with Crippen LogP contribution in [0, 0.1) is 5.41 Å². The van der Waals surface area contributed by atoms with Crippen molar-refractivity contribution in [2.45, 2.75) is 33.7 Å². The number of halogens is 1. The Morgan fingerprint density at radius 1 is 1.44 bits per heavy atom. The lowest BCUT2D eigenvalue weighted by Gasteiger charge is -2.18. The monoisotopic (exact) mass is 286 g/mol. The zero-order valence-corrected chi connectivity index (χ0v) is 11.7. The number of hydrogen-bond acceptors (Lipinski definition) is 3. The van der Waals surface area contributed by atoms with Crippen molar-refractivity contribution in [1.29, 1.82) is 0 Å². The molecule has 4 heteroatoms. The summed E-state index contributed by atoms with van der Waals surface area (Å²) < 4.78 is 6.57. The average molecular weight is 287 g/mol. The lowest BCUT2D eigenvalue weighted by Crippen LogP contribution is -2.13. The van der Waals surface area contributed by atoms with Gasteiger partial charge in [0.05, 0.1) is 6.61 Å². The van der Waals surface area contributed by atoms with E-state index in [0.717, 1.165) is 16.5 Å². The van der Waals surface area contributed by atoms with Crippen LogP contribution < -0.4 is 10.5 Å². The molecule has 1 aromatic rings. The fraction of sp³-hybridized carbons (Fsp3) is 0.583. The molecule has 16 heavy (non-hydrogen) atoms. The number of ether oxygens (including phenoxy) is 1. The van der Waals surface area contributed by atoms with Gasteiger partial charge in [-0.1, -0.05) is 20.8 Å². The smallest absolute Gasteiger partial charge is 0.217 e. The Balaban J connectivity index is 2.60. The number of aromatic nitrogens is 1. The van der Waals surface area contributed by atoms with Crippen LogP contribution in [-0.2, 0) is 6.54 Å². The number of hydrogen-bond donors (Lipinski definition) is 1. The number of nitrogens with zero attached hydrogens (tertiary/aromatic N) is 1. The van der Waals surface area contributed by atoms with Gasteiger partial charge in [-0.05, 0) is 33.8 Å². The molecule has 0 saturated heterocycles. The van der Waals surface area contributed by atoms with Crippen LogP contribution in [0.4, 0.5) is 0 Å². The summed E-state index contributed by atoms with van der Waals surface area (Å²) in [7, 11) is 0. The molecule has 1 rings (SSSR count). The molecule has 0 amide bonds. The van der Waals surface area contributed by atoms with Gasteiger partial charge in [0.15, 0.2) is 0 Å². The first-order chi connectivity index (χ1) is 7.42. The maximum atomic E-state index is 5.65. The molecule has 1 aromatic heterocycles. The molecule has 0 unspecified atom stereocenters. The predicted molar refractivity (Wildman–Crippen MR) is 69.4 cm³/mol. The second kappa shape index (κ2) is 5.64. The van der Waals surface area contributed by atoms with Crippen LogP contribution in [0.3, 0.4) is 0 Å². The van der Waals surface area contributed by atoms with Crippen LogP contribution in [0.5, 0.6) is 5.88 Å². The van der Waals surface area contributed by atoms with Crippen molar-refractivity contribution >= 4 is 15.9 Å². The highest BCUT2D eigenvalue weighted by atomic mass is 79.9. The summed E-state index contributed by atoms with van der Waals surface area (Å²) in [6.45, 7) is 7.68. The van der Waals surface area contributed by atoms with Gasteiger partial charge in [0.1, 0.15) is 0 Å². The molecule has 3 nitrogen and oxygen atoms in total. The van der Waals surface area contributed by atoms with Crippen molar-refractivity contribution in [3.05, 3.63) is 22.3 Å². The number of nitrogens with two attached hydrogens (primary N) is 1. The van der Waals surface area contributed by atoms with Crippen molar-refractivity contribution in [3.8, 4) is 5.88 Å². The minimum absolute atomic E-state index is 0.276. The SMILES string of the molecule is CC(C)(C)CCOc1ncc(Br)cc1CN. The lowest BCUT2D eigenvalue weighted by atomic mass is 9.93. The van der Waals surface area contributed by atoms with Gasteiger partial charge in [-0.15, -0.1) is 0 Å². The normalized spacial score (nSPS) is 11.6. The Morgan fingerprint density at radius 2 is 2.12 bits per heavy atom. The number of pyridine rings is 1. The van der Waals surface area contributed by atoms with Gasteiger partial charge in [-0.25, -0.2) is 4.98 Å². The zero-order valence-electron chi connectivity index (χ0n) is 10.1. The first-order valence-electron chi connectivity index (χ1n) is 5.39. The maximum absolute atomic E-state index is 5.65. The van der Waals surface area contributed by atoms with E-state index in [0.29, 0.717) is 19.0 Å². The maximum Gasteiger partial charge on any atom is 0.217 e. The fourth-order valence-corrected chi connectivity index (χ4v) is 1.58. The lowest BCUT2D eigenvalue weighted by molar-refractivity contribution is 0.234. The fourth-order valence-electron chi connectivity index (χ4n) is 1.20. The van der Waals surface area contributed by atoms with Gasteiger partial charge < -0.3 is 10.5 Å². The molecule has 1 heterocycles. The Kier molecular flexibility index (Phi) is 4.74. The number of rotatable bonds is 4. The van der Waals surface area contributed by atoms with Crippen LogP contribution in [0.25, 0.3) is 0 Å². The Hall–Kier alpha value is -0.610.